The van der Waals surface area contributed by atoms with E-state index in [-0.39, 0.29) is 18.2 Å². The smallest absolute Gasteiger partial charge is 0.375 e. The molecule has 1 aromatic carbocycles. The second kappa shape index (κ2) is 4.65. The molecule has 6 heteroatoms. The molecule has 88 valence electrons. The Kier molecular flexibility index (Phi) is 3.04. The number of ether oxygens (including phenoxy) is 1. The molecule has 0 fully saturated rings. The van der Waals surface area contributed by atoms with Crippen molar-refractivity contribution in [2.24, 2.45) is 0 Å². The minimum absolute atomic E-state index is 0.00321. The van der Waals surface area contributed by atoms with Crippen molar-refractivity contribution in [1.29, 1.82) is 0 Å². The van der Waals surface area contributed by atoms with Gasteiger partial charge in [-0.2, -0.15) is 0 Å². The van der Waals surface area contributed by atoms with Gasteiger partial charge in [-0.1, -0.05) is 5.16 Å². The molecule has 0 saturated heterocycles. The summed E-state index contributed by atoms with van der Waals surface area (Å²) >= 11 is 0. The zero-order valence-electron chi connectivity index (χ0n) is 8.59. The second-order valence-corrected chi connectivity index (χ2v) is 3.23. The Hall–Kier alpha value is -2.37. The number of rotatable bonds is 4. The molecule has 2 aromatic rings. The molecule has 1 aromatic heterocycles. The van der Waals surface area contributed by atoms with Crippen molar-refractivity contribution >= 4 is 5.97 Å². The Morgan fingerprint density at radius 2 is 2.12 bits per heavy atom. The van der Waals surface area contributed by atoms with E-state index in [0.717, 1.165) is 0 Å². The number of halogens is 1. The molecule has 0 spiro atoms. The molecule has 0 aliphatic heterocycles. The third-order valence-corrected chi connectivity index (χ3v) is 2.05. The first kappa shape index (κ1) is 11.1. The molecule has 17 heavy (non-hydrogen) atoms. The number of hydrogen-bond donors (Lipinski definition) is 1. The molecule has 0 radical (unpaired) electrons. The van der Waals surface area contributed by atoms with Crippen LogP contribution in [-0.2, 0) is 6.61 Å². The summed E-state index contributed by atoms with van der Waals surface area (Å²) < 4.78 is 22.4. The Morgan fingerprint density at radius 3 is 2.76 bits per heavy atom. The predicted octanol–water partition coefficient (Wildman–Crippen LogP) is 2.09. The molecule has 0 bridgehead atoms. The van der Waals surface area contributed by atoms with E-state index >= 15 is 0 Å². The average molecular weight is 237 g/mol. The molecule has 1 heterocycles. The van der Waals surface area contributed by atoms with Crippen LogP contribution in [0.3, 0.4) is 0 Å². The van der Waals surface area contributed by atoms with Crippen LogP contribution in [0.1, 0.15) is 16.1 Å². The van der Waals surface area contributed by atoms with Crippen molar-refractivity contribution in [2.75, 3.05) is 0 Å². The van der Waals surface area contributed by atoms with Crippen molar-refractivity contribution in [3.63, 3.8) is 0 Å². The van der Waals surface area contributed by atoms with Gasteiger partial charge in [-0.3, -0.25) is 0 Å². The van der Waals surface area contributed by atoms with Crippen LogP contribution in [0.15, 0.2) is 35.0 Å². The number of aromatic nitrogens is 1. The van der Waals surface area contributed by atoms with Crippen molar-refractivity contribution < 1.29 is 23.6 Å². The van der Waals surface area contributed by atoms with Crippen LogP contribution in [0.2, 0.25) is 0 Å². The molecule has 0 aliphatic carbocycles. The molecule has 1 N–H and O–H groups in total. The minimum Gasteiger partial charge on any atom is -0.489 e. The molecular formula is C11H8FNO4. The molecule has 5 nitrogen and oxygen atoms in total. The predicted molar refractivity (Wildman–Crippen MR) is 54.2 cm³/mol. The van der Waals surface area contributed by atoms with E-state index in [4.69, 9.17) is 9.84 Å². The number of aromatic carboxylic acids is 1. The number of carbonyl (C=O) groups is 1. The third kappa shape index (κ3) is 2.60. The lowest BCUT2D eigenvalue weighted by Crippen LogP contribution is -2.02. The van der Waals surface area contributed by atoms with Gasteiger partial charge in [0, 0.05) is 0 Å². The summed E-state index contributed by atoms with van der Waals surface area (Å²) in [5, 5.41) is 12.1. The Balaban J connectivity index is 2.05. The van der Waals surface area contributed by atoms with Crippen molar-refractivity contribution in [2.45, 2.75) is 6.61 Å². The van der Waals surface area contributed by atoms with Gasteiger partial charge in [-0.15, -0.1) is 0 Å². The summed E-state index contributed by atoms with van der Waals surface area (Å²) in [6, 6.07) is 5.40. The third-order valence-electron chi connectivity index (χ3n) is 2.05. The van der Waals surface area contributed by atoms with Gasteiger partial charge in [0.25, 0.3) is 5.76 Å². The Labute approximate surface area is 95.4 Å². The fraction of sp³-hybridized carbons (Fsp3) is 0.0909. The van der Waals surface area contributed by atoms with Crippen LogP contribution < -0.4 is 4.74 Å². The lowest BCUT2D eigenvalue weighted by molar-refractivity contribution is 0.0648. The van der Waals surface area contributed by atoms with E-state index in [0.29, 0.717) is 11.3 Å². The average Bonchev–Trinajstić information content (AvgIpc) is 2.76. The topological polar surface area (TPSA) is 72.6 Å². The fourth-order valence-corrected chi connectivity index (χ4v) is 1.23. The van der Waals surface area contributed by atoms with Crippen molar-refractivity contribution in [1.82, 2.24) is 5.16 Å². The molecule has 0 aliphatic rings. The van der Waals surface area contributed by atoms with Gasteiger partial charge in [0.15, 0.2) is 0 Å². The van der Waals surface area contributed by atoms with Gasteiger partial charge in [0.05, 0.1) is 11.8 Å². The summed E-state index contributed by atoms with van der Waals surface area (Å²) in [5.74, 6) is -1.40. The maximum atomic E-state index is 12.6. The van der Waals surface area contributed by atoms with Crippen LogP contribution in [-0.4, -0.2) is 16.2 Å². The number of carboxylic acids is 1. The van der Waals surface area contributed by atoms with E-state index < -0.39 is 5.97 Å². The summed E-state index contributed by atoms with van der Waals surface area (Å²) in [6.45, 7) is -0.00321. The van der Waals surface area contributed by atoms with Crippen LogP contribution in [0.25, 0.3) is 0 Å². The summed E-state index contributed by atoms with van der Waals surface area (Å²) in [4.78, 5) is 10.7. The van der Waals surface area contributed by atoms with Gasteiger partial charge < -0.3 is 14.4 Å². The zero-order valence-corrected chi connectivity index (χ0v) is 8.59. The van der Waals surface area contributed by atoms with Gasteiger partial charge in [-0.05, 0) is 24.3 Å². The SMILES string of the molecule is O=C(O)c1oncc1COc1ccc(F)cc1. The first-order valence-electron chi connectivity index (χ1n) is 4.72. The molecule has 0 amide bonds. The van der Waals surface area contributed by atoms with Crippen molar-refractivity contribution in [3.05, 3.63) is 47.6 Å². The van der Waals surface area contributed by atoms with E-state index in [2.05, 4.69) is 9.68 Å². The maximum Gasteiger partial charge on any atom is 0.375 e. The van der Waals surface area contributed by atoms with E-state index in [9.17, 15) is 9.18 Å². The van der Waals surface area contributed by atoms with Gasteiger partial charge in [0.2, 0.25) is 0 Å². The largest absolute Gasteiger partial charge is 0.489 e. The van der Waals surface area contributed by atoms with Crippen LogP contribution in [0, 0.1) is 5.82 Å². The van der Waals surface area contributed by atoms with Gasteiger partial charge in [-0.25, -0.2) is 9.18 Å². The van der Waals surface area contributed by atoms with Gasteiger partial charge >= 0.3 is 5.97 Å². The highest BCUT2D eigenvalue weighted by atomic mass is 19.1. The second-order valence-electron chi connectivity index (χ2n) is 3.23. The van der Waals surface area contributed by atoms with Crippen molar-refractivity contribution in [3.8, 4) is 5.75 Å². The lowest BCUT2D eigenvalue weighted by Gasteiger charge is -2.04. The summed E-state index contributed by atoms with van der Waals surface area (Å²) in [5.41, 5.74) is 0.321. The molecule has 0 unspecified atom stereocenters. The zero-order chi connectivity index (χ0) is 12.3. The summed E-state index contributed by atoms with van der Waals surface area (Å²) in [7, 11) is 0. The quantitative estimate of drug-likeness (QED) is 0.881. The highest BCUT2D eigenvalue weighted by Gasteiger charge is 2.15. The number of hydrogen-bond acceptors (Lipinski definition) is 4. The van der Waals surface area contributed by atoms with E-state index in [1.54, 1.807) is 0 Å². The van der Waals surface area contributed by atoms with E-state index in [1.807, 2.05) is 0 Å². The molecular weight excluding hydrogens is 229 g/mol. The highest BCUT2D eigenvalue weighted by molar-refractivity contribution is 5.85. The monoisotopic (exact) mass is 237 g/mol. The molecule has 2 rings (SSSR count). The first-order valence-corrected chi connectivity index (χ1v) is 4.72. The molecule has 0 atom stereocenters. The number of benzene rings is 1. The number of nitrogens with zero attached hydrogens (tertiary/aromatic N) is 1. The maximum absolute atomic E-state index is 12.6. The van der Waals surface area contributed by atoms with E-state index in [1.165, 1.54) is 30.5 Å². The number of carboxylic acid groups (broad SMARTS) is 1. The Morgan fingerprint density at radius 1 is 1.41 bits per heavy atom. The Bertz CT molecular complexity index is 521. The standard InChI is InChI=1S/C11H8FNO4/c12-8-1-3-9(4-2-8)16-6-7-5-13-17-10(7)11(14)15/h1-5H,6H2,(H,14,15). The first-order chi connectivity index (χ1) is 8.16. The van der Waals surface area contributed by atoms with Crippen LogP contribution >= 0.6 is 0 Å². The fourth-order valence-electron chi connectivity index (χ4n) is 1.23. The van der Waals surface area contributed by atoms with Crippen LogP contribution in [0.5, 0.6) is 5.75 Å². The lowest BCUT2D eigenvalue weighted by atomic mass is 10.3. The highest BCUT2D eigenvalue weighted by Crippen LogP contribution is 2.15. The van der Waals surface area contributed by atoms with Crippen LogP contribution in [0.4, 0.5) is 4.39 Å². The van der Waals surface area contributed by atoms with Gasteiger partial charge in [0.1, 0.15) is 18.2 Å². The molecule has 0 saturated carbocycles. The normalized spacial score (nSPS) is 10.2. The minimum atomic E-state index is -1.21. The summed E-state index contributed by atoms with van der Waals surface area (Å²) in [6.07, 6.45) is 1.27.